The zero-order valence-electron chi connectivity index (χ0n) is 13.8. The molecule has 4 nitrogen and oxygen atoms in total. The molecule has 1 atom stereocenters. The summed E-state index contributed by atoms with van der Waals surface area (Å²) in [5.41, 5.74) is 2.22. The number of imidazole rings is 1. The number of ketones is 1. The van der Waals surface area contributed by atoms with Gasteiger partial charge in [0.05, 0.1) is 28.5 Å². The highest BCUT2D eigenvalue weighted by molar-refractivity contribution is 6.49. The molecule has 3 rings (SSSR count). The number of carbonyl (C=O) groups excluding carboxylic acids is 1. The van der Waals surface area contributed by atoms with Crippen LogP contribution in [-0.2, 0) is 0 Å². The second-order valence-corrected chi connectivity index (χ2v) is 6.14. The molecule has 0 spiro atoms. The molecule has 0 saturated heterocycles. The Labute approximate surface area is 151 Å². The normalized spacial score (nSPS) is 11.9. The summed E-state index contributed by atoms with van der Waals surface area (Å²) >= 11 is 6.10. The molecule has 0 bridgehead atoms. The summed E-state index contributed by atoms with van der Waals surface area (Å²) in [6.45, 7) is 1.93. The number of nitrogens with zero attached hydrogens (tertiary/aromatic N) is 1. The number of rotatable bonds is 6. The summed E-state index contributed by atoms with van der Waals surface area (Å²) in [6.07, 6.45) is 2.33. The van der Waals surface area contributed by atoms with Crippen LogP contribution in [0.2, 0.25) is 5.02 Å². The standard InChI is InChI=1S/C20H18ClN3O/c1-2-14(18(22)19(25)15-10-6-7-11-16(15)21)20-23-12-17(24-20)13-8-4-3-5-9-13/h3-12,14,22H,2H2,1H3,(H,23,24). The molecule has 5 heteroatoms. The predicted molar refractivity (Wildman–Crippen MR) is 101 cm³/mol. The molecular formula is C20H18ClN3O. The number of aromatic amines is 1. The van der Waals surface area contributed by atoms with Crippen molar-refractivity contribution in [3.8, 4) is 11.3 Å². The molecule has 2 aromatic carbocycles. The number of hydrogen-bond donors (Lipinski definition) is 2. The van der Waals surface area contributed by atoms with Crippen molar-refractivity contribution >= 4 is 23.1 Å². The van der Waals surface area contributed by atoms with Crippen molar-refractivity contribution in [1.29, 1.82) is 5.41 Å². The number of Topliss-reactive ketones (excluding diaryl/α,β-unsaturated/α-hetero) is 1. The number of aromatic nitrogens is 2. The molecular weight excluding hydrogens is 334 g/mol. The third kappa shape index (κ3) is 3.54. The van der Waals surface area contributed by atoms with Gasteiger partial charge in [0.2, 0.25) is 5.78 Å². The monoisotopic (exact) mass is 351 g/mol. The first-order chi connectivity index (χ1) is 12.1. The van der Waals surface area contributed by atoms with Gasteiger partial charge in [-0.2, -0.15) is 0 Å². The minimum Gasteiger partial charge on any atom is -0.341 e. The SMILES string of the molecule is CCC(C(=N)C(=O)c1ccccc1Cl)c1ncc(-c2ccccc2)[nH]1. The Bertz CT molecular complexity index is 902. The Kier molecular flexibility index (Phi) is 5.10. The number of halogens is 1. The van der Waals surface area contributed by atoms with Crippen molar-refractivity contribution in [3.05, 3.63) is 77.2 Å². The molecule has 0 aliphatic carbocycles. The van der Waals surface area contributed by atoms with Gasteiger partial charge in [0.1, 0.15) is 5.82 Å². The fraction of sp³-hybridized carbons (Fsp3) is 0.150. The van der Waals surface area contributed by atoms with Gasteiger partial charge in [-0.25, -0.2) is 4.98 Å². The molecule has 126 valence electrons. The number of nitrogens with one attached hydrogen (secondary N) is 2. The fourth-order valence-corrected chi connectivity index (χ4v) is 2.98. The van der Waals surface area contributed by atoms with Crippen molar-refractivity contribution in [3.63, 3.8) is 0 Å². The lowest BCUT2D eigenvalue weighted by molar-refractivity contribution is 0.106. The van der Waals surface area contributed by atoms with Gasteiger partial charge in [-0.05, 0) is 24.1 Å². The average Bonchev–Trinajstić information content (AvgIpc) is 3.12. The number of H-pyrrole nitrogens is 1. The average molecular weight is 352 g/mol. The Balaban J connectivity index is 1.88. The van der Waals surface area contributed by atoms with Gasteiger partial charge >= 0.3 is 0 Å². The van der Waals surface area contributed by atoms with Crippen LogP contribution in [0.1, 0.15) is 35.4 Å². The minimum atomic E-state index is -0.402. The van der Waals surface area contributed by atoms with Crippen LogP contribution < -0.4 is 0 Å². The van der Waals surface area contributed by atoms with Crippen molar-refractivity contribution in [1.82, 2.24) is 9.97 Å². The summed E-state index contributed by atoms with van der Waals surface area (Å²) in [6, 6.07) is 16.6. The van der Waals surface area contributed by atoms with Gasteiger partial charge in [0, 0.05) is 5.56 Å². The van der Waals surface area contributed by atoms with Gasteiger partial charge in [0.25, 0.3) is 0 Å². The van der Waals surface area contributed by atoms with Crippen LogP contribution in [0.3, 0.4) is 0 Å². The lowest BCUT2D eigenvalue weighted by Gasteiger charge is -2.13. The number of hydrogen-bond acceptors (Lipinski definition) is 3. The van der Waals surface area contributed by atoms with Crippen LogP contribution >= 0.6 is 11.6 Å². The van der Waals surface area contributed by atoms with E-state index in [1.165, 1.54) is 0 Å². The summed E-state index contributed by atoms with van der Waals surface area (Å²) < 4.78 is 0. The van der Waals surface area contributed by atoms with E-state index in [9.17, 15) is 4.79 Å². The number of carbonyl (C=O) groups is 1. The maximum Gasteiger partial charge on any atom is 0.208 e. The minimum absolute atomic E-state index is 0.00967. The van der Waals surface area contributed by atoms with Crippen LogP contribution in [-0.4, -0.2) is 21.5 Å². The molecule has 1 aromatic heterocycles. The molecule has 2 N–H and O–H groups in total. The maximum atomic E-state index is 12.7. The number of benzene rings is 2. The van der Waals surface area contributed by atoms with E-state index in [1.54, 1.807) is 30.5 Å². The van der Waals surface area contributed by atoms with Crippen LogP contribution in [0.25, 0.3) is 11.3 Å². The van der Waals surface area contributed by atoms with Crippen LogP contribution in [0.5, 0.6) is 0 Å². The van der Waals surface area contributed by atoms with Gasteiger partial charge in [-0.15, -0.1) is 0 Å². The lowest BCUT2D eigenvalue weighted by Crippen LogP contribution is -2.22. The van der Waals surface area contributed by atoms with E-state index in [0.717, 1.165) is 11.3 Å². The third-order valence-electron chi connectivity index (χ3n) is 4.13. The van der Waals surface area contributed by atoms with Crippen molar-refractivity contribution in [2.75, 3.05) is 0 Å². The Morgan fingerprint density at radius 3 is 2.52 bits per heavy atom. The Morgan fingerprint density at radius 1 is 1.16 bits per heavy atom. The van der Waals surface area contributed by atoms with Crippen LogP contribution in [0.4, 0.5) is 0 Å². The van der Waals surface area contributed by atoms with E-state index < -0.39 is 5.92 Å². The van der Waals surface area contributed by atoms with E-state index in [1.807, 2.05) is 37.3 Å². The summed E-state index contributed by atoms with van der Waals surface area (Å²) in [7, 11) is 0. The summed E-state index contributed by atoms with van der Waals surface area (Å²) in [4.78, 5) is 20.3. The molecule has 0 aliphatic rings. The van der Waals surface area contributed by atoms with E-state index >= 15 is 0 Å². The first-order valence-electron chi connectivity index (χ1n) is 8.09. The first-order valence-corrected chi connectivity index (χ1v) is 8.47. The largest absolute Gasteiger partial charge is 0.341 e. The van der Waals surface area contributed by atoms with Crippen LogP contribution in [0.15, 0.2) is 60.8 Å². The summed E-state index contributed by atoms with van der Waals surface area (Å²) in [5, 5.41) is 8.73. The van der Waals surface area contributed by atoms with Gasteiger partial charge in [-0.1, -0.05) is 61.0 Å². The highest BCUT2D eigenvalue weighted by Crippen LogP contribution is 2.25. The Hall–Kier alpha value is -2.72. The second-order valence-electron chi connectivity index (χ2n) is 5.73. The predicted octanol–water partition coefficient (Wildman–Crippen LogP) is 5.13. The van der Waals surface area contributed by atoms with Crippen molar-refractivity contribution in [2.45, 2.75) is 19.3 Å². The highest BCUT2D eigenvalue weighted by atomic mass is 35.5. The van der Waals surface area contributed by atoms with Gasteiger partial charge < -0.3 is 10.4 Å². The van der Waals surface area contributed by atoms with E-state index in [-0.39, 0.29) is 11.5 Å². The zero-order valence-corrected chi connectivity index (χ0v) is 14.5. The van der Waals surface area contributed by atoms with E-state index in [4.69, 9.17) is 17.0 Å². The Morgan fingerprint density at radius 2 is 1.84 bits per heavy atom. The molecule has 25 heavy (non-hydrogen) atoms. The maximum absolute atomic E-state index is 12.7. The molecule has 0 aliphatic heterocycles. The smallest absolute Gasteiger partial charge is 0.208 e. The quantitative estimate of drug-likeness (QED) is 0.477. The molecule has 0 saturated carbocycles. The second kappa shape index (κ2) is 7.45. The zero-order chi connectivity index (χ0) is 17.8. The molecule has 0 amide bonds. The van der Waals surface area contributed by atoms with Gasteiger partial charge in [-0.3, -0.25) is 4.79 Å². The summed E-state index contributed by atoms with van der Waals surface area (Å²) in [5.74, 6) is -0.150. The van der Waals surface area contributed by atoms with Crippen molar-refractivity contribution in [2.24, 2.45) is 0 Å². The molecule has 3 aromatic rings. The van der Waals surface area contributed by atoms with E-state index in [0.29, 0.717) is 22.8 Å². The van der Waals surface area contributed by atoms with Crippen LogP contribution in [0, 0.1) is 5.41 Å². The lowest BCUT2D eigenvalue weighted by atomic mass is 9.93. The van der Waals surface area contributed by atoms with Crippen molar-refractivity contribution < 1.29 is 4.79 Å². The van der Waals surface area contributed by atoms with E-state index in [2.05, 4.69) is 9.97 Å². The molecule has 1 heterocycles. The molecule has 0 fully saturated rings. The fourth-order valence-electron chi connectivity index (χ4n) is 2.76. The highest BCUT2D eigenvalue weighted by Gasteiger charge is 2.26. The first kappa shape index (κ1) is 17.1. The van der Waals surface area contributed by atoms with Gasteiger partial charge in [0.15, 0.2) is 0 Å². The third-order valence-corrected chi connectivity index (χ3v) is 4.46. The molecule has 0 radical (unpaired) electrons. The topological polar surface area (TPSA) is 69.6 Å². The molecule has 1 unspecified atom stereocenters.